The molecule has 16 heavy (non-hydrogen) atoms. The lowest BCUT2D eigenvalue weighted by atomic mass is 10.1. The molecule has 1 N–H and O–H groups in total. The van der Waals surface area contributed by atoms with Gasteiger partial charge in [0.2, 0.25) is 10.0 Å². The van der Waals surface area contributed by atoms with Crippen molar-refractivity contribution in [1.82, 2.24) is 9.62 Å². The van der Waals surface area contributed by atoms with Gasteiger partial charge in [-0.3, -0.25) is 0 Å². The van der Waals surface area contributed by atoms with Crippen LogP contribution in [0.25, 0.3) is 0 Å². The molecule has 4 nitrogen and oxygen atoms in total. The Hall–Kier alpha value is -0.130. The van der Waals surface area contributed by atoms with Crippen LogP contribution < -0.4 is 5.32 Å². The van der Waals surface area contributed by atoms with Crippen molar-refractivity contribution in [1.29, 1.82) is 0 Å². The van der Waals surface area contributed by atoms with Gasteiger partial charge in [0.1, 0.15) is 0 Å². The third-order valence-corrected chi connectivity index (χ3v) is 5.51. The van der Waals surface area contributed by atoms with Crippen LogP contribution in [0.4, 0.5) is 0 Å². The molecule has 0 aromatic rings. The molecule has 2 atom stereocenters. The topological polar surface area (TPSA) is 49.4 Å². The van der Waals surface area contributed by atoms with Crippen molar-refractivity contribution in [2.75, 3.05) is 25.4 Å². The summed E-state index contributed by atoms with van der Waals surface area (Å²) in [6.07, 6.45) is 1.89. The summed E-state index contributed by atoms with van der Waals surface area (Å²) < 4.78 is 25.8. The minimum absolute atomic E-state index is 0.310. The summed E-state index contributed by atoms with van der Waals surface area (Å²) in [5, 5.41) is 3.38. The molecule has 0 aliphatic carbocycles. The highest BCUT2D eigenvalue weighted by atomic mass is 32.2. The van der Waals surface area contributed by atoms with E-state index in [0.717, 1.165) is 25.9 Å². The van der Waals surface area contributed by atoms with Gasteiger partial charge in [0.05, 0.1) is 5.75 Å². The second-order valence-electron chi connectivity index (χ2n) is 5.42. The Labute approximate surface area is 98.4 Å². The fourth-order valence-corrected chi connectivity index (χ4v) is 4.38. The first-order chi connectivity index (χ1) is 7.49. The van der Waals surface area contributed by atoms with Gasteiger partial charge in [-0.05, 0) is 31.2 Å². The van der Waals surface area contributed by atoms with Crippen LogP contribution in [0.3, 0.4) is 0 Å². The van der Waals surface area contributed by atoms with Gasteiger partial charge < -0.3 is 5.32 Å². The maximum Gasteiger partial charge on any atom is 0.214 e. The van der Waals surface area contributed by atoms with Crippen molar-refractivity contribution in [2.24, 2.45) is 11.8 Å². The second kappa shape index (κ2) is 4.63. The standard InChI is InChI=1S/C11H22N2O2S/c1-9(2)4-6-16(14,15)13-7-10-3-5-12-11(10)8-13/h9-12H,3-8H2,1-2H3/t10-,11+/m0/s1. The summed E-state index contributed by atoms with van der Waals surface area (Å²) in [7, 11) is -3.00. The van der Waals surface area contributed by atoms with Gasteiger partial charge in [-0.25, -0.2) is 12.7 Å². The van der Waals surface area contributed by atoms with Crippen LogP contribution in [0.2, 0.25) is 0 Å². The van der Waals surface area contributed by atoms with E-state index >= 15 is 0 Å². The van der Waals surface area contributed by atoms with E-state index < -0.39 is 10.0 Å². The third-order valence-electron chi connectivity index (χ3n) is 3.68. The molecule has 0 aromatic carbocycles. The van der Waals surface area contributed by atoms with Gasteiger partial charge in [-0.2, -0.15) is 0 Å². The first-order valence-corrected chi connectivity index (χ1v) is 7.81. The van der Waals surface area contributed by atoms with Gasteiger partial charge in [0.15, 0.2) is 0 Å². The maximum absolute atomic E-state index is 12.1. The van der Waals surface area contributed by atoms with E-state index in [0.29, 0.717) is 30.2 Å². The molecular formula is C11H22N2O2S. The molecule has 0 bridgehead atoms. The Balaban J connectivity index is 1.93. The summed E-state index contributed by atoms with van der Waals surface area (Å²) in [5.41, 5.74) is 0. The summed E-state index contributed by atoms with van der Waals surface area (Å²) >= 11 is 0. The summed E-state index contributed by atoms with van der Waals surface area (Å²) in [6, 6.07) is 0.411. The minimum atomic E-state index is -3.00. The molecule has 2 fully saturated rings. The highest BCUT2D eigenvalue weighted by Gasteiger charge is 2.40. The first-order valence-electron chi connectivity index (χ1n) is 6.20. The molecule has 2 saturated heterocycles. The predicted octanol–water partition coefficient (Wildman–Crippen LogP) is 0.656. The predicted molar refractivity (Wildman–Crippen MR) is 64.7 cm³/mol. The van der Waals surface area contributed by atoms with Crippen LogP contribution >= 0.6 is 0 Å². The lowest BCUT2D eigenvalue weighted by Gasteiger charge is -2.17. The first kappa shape index (κ1) is 12.3. The lowest BCUT2D eigenvalue weighted by Crippen LogP contribution is -2.35. The molecule has 0 aromatic heterocycles. The number of fused-ring (bicyclic) bond motifs is 1. The zero-order valence-electron chi connectivity index (χ0n) is 10.1. The Morgan fingerprint density at radius 1 is 1.38 bits per heavy atom. The number of rotatable bonds is 4. The smallest absolute Gasteiger partial charge is 0.214 e. The van der Waals surface area contributed by atoms with Crippen molar-refractivity contribution >= 4 is 10.0 Å². The highest BCUT2D eigenvalue weighted by molar-refractivity contribution is 7.89. The maximum atomic E-state index is 12.1. The Morgan fingerprint density at radius 3 is 2.75 bits per heavy atom. The molecule has 2 aliphatic rings. The quantitative estimate of drug-likeness (QED) is 0.792. The zero-order chi connectivity index (χ0) is 11.8. The van der Waals surface area contributed by atoms with Crippen molar-refractivity contribution in [3.63, 3.8) is 0 Å². The van der Waals surface area contributed by atoms with Gasteiger partial charge in [0, 0.05) is 19.1 Å². The van der Waals surface area contributed by atoms with Crippen LogP contribution in [-0.2, 0) is 10.0 Å². The monoisotopic (exact) mass is 246 g/mol. The van der Waals surface area contributed by atoms with Crippen LogP contribution in [0, 0.1) is 11.8 Å². The van der Waals surface area contributed by atoms with E-state index in [2.05, 4.69) is 19.2 Å². The fourth-order valence-electron chi connectivity index (χ4n) is 2.55. The van der Waals surface area contributed by atoms with Crippen LogP contribution in [-0.4, -0.2) is 44.2 Å². The third kappa shape index (κ3) is 2.57. The van der Waals surface area contributed by atoms with Crippen LogP contribution in [0.1, 0.15) is 26.7 Å². The highest BCUT2D eigenvalue weighted by Crippen LogP contribution is 2.27. The van der Waals surface area contributed by atoms with E-state index in [1.54, 1.807) is 4.31 Å². The minimum Gasteiger partial charge on any atom is -0.312 e. The number of nitrogens with zero attached hydrogens (tertiary/aromatic N) is 1. The Bertz CT molecular complexity index is 328. The second-order valence-corrected chi connectivity index (χ2v) is 7.51. The summed E-state index contributed by atoms with van der Waals surface area (Å²) in [5.74, 6) is 1.31. The largest absolute Gasteiger partial charge is 0.312 e. The lowest BCUT2D eigenvalue weighted by molar-refractivity contribution is 0.443. The summed E-state index contributed by atoms with van der Waals surface area (Å²) in [6.45, 7) is 6.60. The molecule has 0 unspecified atom stereocenters. The van der Waals surface area contributed by atoms with E-state index in [-0.39, 0.29) is 0 Å². The number of hydrogen-bond donors (Lipinski definition) is 1. The molecule has 94 valence electrons. The molecular weight excluding hydrogens is 224 g/mol. The molecule has 0 spiro atoms. The van der Waals surface area contributed by atoms with E-state index in [1.807, 2.05) is 0 Å². The molecule has 0 radical (unpaired) electrons. The average Bonchev–Trinajstić information content (AvgIpc) is 2.73. The SMILES string of the molecule is CC(C)CCS(=O)(=O)N1C[C@@H]2CCN[C@@H]2C1. The van der Waals surface area contributed by atoms with Crippen LogP contribution in [0.5, 0.6) is 0 Å². The van der Waals surface area contributed by atoms with E-state index in [9.17, 15) is 8.42 Å². The van der Waals surface area contributed by atoms with Crippen molar-refractivity contribution < 1.29 is 8.42 Å². The molecule has 2 aliphatic heterocycles. The Kier molecular flexibility index (Phi) is 3.56. The molecule has 0 amide bonds. The van der Waals surface area contributed by atoms with Gasteiger partial charge >= 0.3 is 0 Å². The van der Waals surface area contributed by atoms with Gasteiger partial charge in [-0.15, -0.1) is 0 Å². The molecule has 2 heterocycles. The molecule has 5 heteroatoms. The summed E-state index contributed by atoms with van der Waals surface area (Å²) in [4.78, 5) is 0. The van der Waals surface area contributed by atoms with Crippen molar-refractivity contribution in [3.05, 3.63) is 0 Å². The number of hydrogen-bond acceptors (Lipinski definition) is 3. The van der Waals surface area contributed by atoms with Gasteiger partial charge in [-0.1, -0.05) is 13.8 Å². The Morgan fingerprint density at radius 2 is 2.12 bits per heavy atom. The molecule has 2 rings (SSSR count). The zero-order valence-corrected chi connectivity index (χ0v) is 11.0. The number of nitrogens with one attached hydrogen (secondary N) is 1. The van der Waals surface area contributed by atoms with Crippen molar-refractivity contribution in [3.8, 4) is 0 Å². The van der Waals surface area contributed by atoms with Crippen LogP contribution in [0.15, 0.2) is 0 Å². The van der Waals surface area contributed by atoms with E-state index in [1.165, 1.54) is 0 Å². The van der Waals surface area contributed by atoms with Gasteiger partial charge in [0.25, 0.3) is 0 Å². The van der Waals surface area contributed by atoms with E-state index in [4.69, 9.17) is 0 Å². The van der Waals surface area contributed by atoms with Crippen molar-refractivity contribution in [2.45, 2.75) is 32.7 Å². The number of sulfonamides is 1. The fraction of sp³-hybridized carbons (Fsp3) is 1.00. The average molecular weight is 246 g/mol. The normalized spacial score (nSPS) is 31.2. The molecule has 0 saturated carbocycles.